The highest BCUT2D eigenvalue weighted by molar-refractivity contribution is 5.91. The summed E-state index contributed by atoms with van der Waals surface area (Å²) in [6.07, 6.45) is -4.30. The molecule has 0 radical (unpaired) electrons. The second-order valence-electron chi connectivity index (χ2n) is 6.15. The van der Waals surface area contributed by atoms with E-state index in [1.54, 1.807) is 38.1 Å². The van der Waals surface area contributed by atoms with Crippen molar-refractivity contribution in [3.05, 3.63) is 52.6 Å². The Labute approximate surface area is 157 Å². The van der Waals surface area contributed by atoms with Crippen molar-refractivity contribution in [2.45, 2.75) is 32.9 Å². The predicted octanol–water partition coefficient (Wildman–Crippen LogP) is 3.20. The van der Waals surface area contributed by atoms with E-state index in [0.29, 0.717) is 28.2 Å². The number of aromatic nitrogens is 4. The van der Waals surface area contributed by atoms with Gasteiger partial charge in [-0.2, -0.15) is 23.4 Å². The van der Waals surface area contributed by atoms with Crippen LogP contribution in [0.5, 0.6) is 0 Å². The van der Waals surface area contributed by atoms with E-state index in [1.807, 2.05) is 6.07 Å². The van der Waals surface area contributed by atoms with E-state index in [4.69, 9.17) is 5.26 Å². The molecule has 0 unspecified atom stereocenters. The molecule has 0 saturated carbocycles. The number of anilines is 1. The van der Waals surface area contributed by atoms with E-state index >= 15 is 0 Å². The average Bonchev–Trinajstić information content (AvgIpc) is 3.06. The normalized spacial score (nSPS) is 11.4. The van der Waals surface area contributed by atoms with Gasteiger partial charge in [0.2, 0.25) is 5.91 Å². The molecule has 1 N–H and O–H groups in total. The highest BCUT2D eigenvalue weighted by Crippen LogP contribution is 2.27. The number of benzene rings is 1. The lowest BCUT2D eigenvalue weighted by Crippen LogP contribution is -2.14. The zero-order valence-corrected chi connectivity index (χ0v) is 15.0. The molecule has 0 aliphatic carbocycles. The molecule has 144 valence electrons. The summed E-state index contributed by atoms with van der Waals surface area (Å²) in [4.78, 5) is 19.7. The number of rotatable bonds is 4. The Kier molecular flexibility index (Phi) is 5.00. The molecule has 1 aromatic carbocycles. The Morgan fingerprint density at radius 3 is 2.71 bits per heavy atom. The molecule has 28 heavy (non-hydrogen) atoms. The fourth-order valence-electron chi connectivity index (χ4n) is 2.82. The van der Waals surface area contributed by atoms with E-state index in [2.05, 4.69) is 20.4 Å². The SMILES string of the molecule is Cc1nc2nc(C(F)(F)F)nn2c(C)c1CCC(=O)Nc1cccc(C#N)c1. The molecule has 0 atom stereocenters. The maximum atomic E-state index is 12.8. The zero-order chi connectivity index (χ0) is 20.5. The third kappa shape index (κ3) is 3.93. The Bertz CT molecular complexity index is 1100. The summed E-state index contributed by atoms with van der Waals surface area (Å²) in [5.74, 6) is -1.68. The van der Waals surface area contributed by atoms with Gasteiger partial charge in [-0.15, -0.1) is 5.10 Å². The molecule has 3 rings (SSSR count). The van der Waals surface area contributed by atoms with E-state index in [1.165, 1.54) is 0 Å². The first kappa shape index (κ1) is 19.3. The zero-order valence-electron chi connectivity index (χ0n) is 15.0. The third-order valence-corrected chi connectivity index (χ3v) is 4.18. The Balaban J connectivity index is 1.78. The van der Waals surface area contributed by atoms with Crippen LogP contribution in [0.25, 0.3) is 5.78 Å². The van der Waals surface area contributed by atoms with Crippen LogP contribution >= 0.6 is 0 Å². The van der Waals surface area contributed by atoms with Gasteiger partial charge in [-0.25, -0.2) is 9.50 Å². The van der Waals surface area contributed by atoms with Gasteiger partial charge in [-0.05, 0) is 44.0 Å². The molecule has 2 heterocycles. The Morgan fingerprint density at radius 1 is 1.29 bits per heavy atom. The maximum Gasteiger partial charge on any atom is 0.453 e. The van der Waals surface area contributed by atoms with Gasteiger partial charge in [0, 0.05) is 23.5 Å². The molecular weight excluding hydrogens is 373 g/mol. The van der Waals surface area contributed by atoms with Crippen molar-refractivity contribution in [2.75, 3.05) is 5.32 Å². The van der Waals surface area contributed by atoms with Crippen molar-refractivity contribution < 1.29 is 18.0 Å². The van der Waals surface area contributed by atoms with Crippen molar-refractivity contribution >= 4 is 17.4 Å². The number of aryl methyl sites for hydroxylation is 2. The molecule has 0 saturated heterocycles. The number of nitrogens with one attached hydrogen (secondary N) is 1. The summed E-state index contributed by atoms with van der Waals surface area (Å²) < 4.78 is 39.5. The fourth-order valence-corrected chi connectivity index (χ4v) is 2.82. The van der Waals surface area contributed by atoms with Crippen molar-refractivity contribution in [3.63, 3.8) is 0 Å². The van der Waals surface area contributed by atoms with Crippen molar-refractivity contribution in [2.24, 2.45) is 0 Å². The lowest BCUT2D eigenvalue weighted by Gasteiger charge is -2.10. The van der Waals surface area contributed by atoms with E-state index in [9.17, 15) is 18.0 Å². The molecule has 3 aromatic rings. The first-order valence-corrected chi connectivity index (χ1v) is 8.29. The van der Waals surface area contributed by atoms with E-state index < -0.39 is 12.0 Å². The van der Waals surface area contributed by atoms with Gasteiger partial charge < -0.3 is 5.32 Å². The summed E-state index contributed by atoms with van der Waals surface area (Å²) >= 11 is 0. The molecule has 1 amide bonds. The minimum atomic E-state index is -4.66. The lowest BCUT2D eigenvalue weighted by molar-refractivity contribution is -0.144. The highest BCUT2D eigenvalue weighted by atomic mass is 19.4. The minimum Gasteiger partial charge on any atom is -0.326 e. The summed E-state index contributed by atoms with van der Waals surface area (Å²) in [6, 6.07) is 8.48. The van der Waals surface area contributed by atoms with Crippen LogP contribution < -0.4 is 5.32 Å². The number of fused-ring (bicyclic) bond motifs is 1. The summed E-state index contributed by atoms with van der Waals surface area (Å²) in [5.41, 5.74) is 2.49. The van der Waals surface area contributed by atoms with Crippen LogP contribution in [0.1, 0.15) is 34.8 Å². The molecule has 0 aliphatic rings. The number of halogens is 3. The first-order valence-electron chi connectivity index (χ1n) is 8.29. The molecule has 10 heteroatoms. The molecule has 0 spiro atoms. The van der Waals surface area contributed by atoms with Crippen LogP contribution in [0.4, 0.5) is 18.9 Å². The van der Waals surface area contributed by atoms with Gasteiger partial charge in [-0.1, -0.05) is 6.07 Å². The summed E-state index contributed by atoms with van der Waals surface area (Å²) in [7, 11) is 0. The smallest absolute Gasteiger partial charge is 0.326 e. The van der Waals surface area contributed by atoms with Crippen LogP contribution in [0.15, 0.2) is 24.3 Å². The topological polar surface area (TPSA) is 96.0 Å². The summed E-state index contributed by atoms with van der Waals surface area (Å²) in [5, 5.41) is 15.1. The second kappa shape index (κ2) is 7.26. The fraction of sp³-hybridized carbons (Fsp3) is 0.278. The molecule has 0 bridgehead atoms. The Morgan fingerprint density at radius 2 is 2.04 bits per heavy atom. The number of hydrogen-bond acceptors (Lipinski definition) is 5. The monoisotopic (exact) mass is 388 g/mol. The number of hydrogen-bond donors (Lipinski definition) is 1. The predicted molar refractivity (Wildman–Crippen MR) is 93.4 cm³/mol. The van der Waals surface area contributed by atoms with Crippen LogP contribution in [0.2, 0.25) is 0 Å². The van der Waals surface area contributed by atoms with Gasteiger partial charge in [0.15, 0.2) is 0 Å². The largest absolute Gasteiger partial charge is 0.453 e. The third-order valence-electron chi connectivity index (χ3n) is 4.18. The number of carbonyl (C=O) groups excluding carboxylic acids is 1. The number of nitrogens with zero attached hydrogens (tertiary/aromatic N) is 5. The van der Waals surface area contributed by atoms with Crippen molar-refractivity contribution in [3.8, 4) is 6.07 Å². The molecule has 2 aromatic heterocycles. The average molecular weight is 388 g/mol. The maximum absolute atomic E-state index is 12.8. The van der Waals surface area contributed by atoms with Crippen LogP contribution in [0, 0.1) is 25.2 Å². The lowest BCUT2D eigenvalue weighted by atomic mass is 10.1. The van der Waals surface area contributed by atoms with Crippen LogP contribution in [-0.2, 0) is 17.4 Å². The number of alkyl halides is 3. The quantitative estimate of drug-likeness (QED) is 0.740. The minimum absolute atomic E-state index is 0.0898. The van der Waals surface area contributed by atoms with Crippen molar-refractivity contribution in [1.29, 1.82) is 5.26 Å². The second-order valence-corrected chi connectivity index (χ2v) is 6.15. The van der Waals surface area contributed by atoms with Gasteiger partial charge >= 0.3 is 6.18 Å². The standard InChI is InChI=1S/C18H15F3N6O/c1-10-14(6-7-15(28)24-13-5-3-4-12(8-13)9-22)11(2)27-17(23-10)25-16(26-27)18(19,20)21/h3-5,8H,6-7H2,1-2H3,(H,24,28). The molecule has 0 fully saturated rings. The number of nitriles is 1. The highest BCUT2D eigenvalue weighted by Gasteiger charge is 2.36. The van der Waals surface area contributed by atoms with Gasteiger partial charge in [0.1, 0.15) is 0 Å². The van der Waals surface area contributed by atoms with E-state index in [-0.39, 0.29) is 24.5 Å². The van der Waals surface area contributed by atoms with Gasteiger partial charge in [0.25, 0.3) is 11.6 Å². The molecular formula is C18H15F3N6O. The van der Waals surface area contributed by atoms with Gasteiger partial charge in [-0.3, -0.25) is 4.79 Å². The molecule has 7 nitrogen and oxygen atoms in total. The number of amides is 1. The van der Waals surface area contributed by atoms with Crippen molar-refractivity contribution in [1.82, 2.24) is 19.6 Å². The van der Waals surface area contributed by atoms with Crippen LogP contribution in [-0.4, -0.2) is 25.5 Å². The van der Waals surface area contributed by atoms with Crippen LogP contribution in [0.3, 0.4) is 0 Å². The van der Waals surface area contributed by atoms with E-state index in [0.717, 1.165) is 4.52 Å². The number of carbonyl (C=O) groups is 1. The first-order chi connectivity index (χ1) is 13.2. The van der Waals surface area contributed by atoms with Gasteiger partial charge in [0.05, 0.1) is 11.6 Å². The molecule has 0 aliphatic heterocycles. The Hall–Kier alpha value is -3.48. The summed E-state index contributed by atoms with van der Waals surface area (Å²) in [6.45, 7) is 3.26.